The van der Waals surface area contributed by atoms with Crippen molar-refractivity contribution in [1.82, 2.24) is 15.1 Å². The second-order valence-electron chi connectivity index (χ2n) is 3.96. The zero-order valence-corrected chi connectivity index (χ0v) is 11.3. The monoisotopic (exact) mass is 279 g/mol. The lowest BCUT2D eigenvalue weighted by atomic mass is 10.3. The standard InChI is InChI=1S/C12H13N3O3S/c1-13-11(16)10-8-14-15(12(10)19(2,17)18)9-6-4-3-5-7-9/h3-8H,1-2H3,(H,13,16). The third-order valence-corrected chi connectivity index (χ3v) is 3.64. The van der Waals surface area contributed by atoms with E-state index in [0.717, 1.165) is 6.26 Å². The fourth-order valence-electron chi connectivity index (χ4n) is 1.74. The minimum absolute atomic E-state index is 0.0360. The summed E-state index contributed by atoms with van der Waals surface area (Å²) in [6, 6.07) is 8.78. The summed E-state index contributed by atoms with van der Waals surface area (Å²) in [6.07, 6.45) is 2.30. The first kappa shape index (κ1) is 13.3. The summed E-state index contributed by atoms with van der Waals surface area (Å²) in [5, 5.41) is 6.29. The summed E-state index contributed by atoms with van der Waals surface area (Å²) < 4.78 is 25.0. The molecule has 1 aromatic carbocycles. The summed E-state index contributed by atoms with van der Waals surface area (Å²) in [4.78, 5) is 11.7. The molecular formula is C12H13N3O3S. The molecule has 0 aliphatic heterocycles. The van der Waals surface area contributed by atoms with Gasteiger partial charge in [-0.25, -0.2) is 13.1 Å². The summed E-state index contributed by atoms with van der Waals surface area (Å²) >= 11 is 0. The van der Waals surface area contributed by atoms with E-state index < -0.39 is 15.7 Å². The van der Waals surface area contributed by atoms with Crippen LogP contribution in [0.5, 0.6) is 0 Å². The first-order chi connectivity index (χ1) is 8.95. The highest BCUT2D eigenvalue weighted by Gasteiger charge is 2.25. The van der Waals surface area contributed by atoms with E-state index in [2.05, 4.69) is 10.4 Å². The van der Waals surface area contributed by atoms with Crippen LogP contribution in [-0.2, 0) is 9.84 Å². The van der Waals surface area contributed by atoms with Crippen molar-refractivity contribution in [2.24, 2.45) is 0 Å². The van der Waals surface area contributed by atoms with Crippen molar-refractivity contribution >= 4 is 15.7 Å². The molecule has 0 spiro atoms. The molecule has 0 aliphatic carbocycles. The number of carbonyl (C=O) groups excluding carboxylic acids is 1. The van der Waals surface area contributed by atoms with Gasteiger partial charge in [0.25, 0.3) is 5.91 Å². The topological polar surface area (TPSA) is 81.1 Å². The highest BCUT2D eigenvalue weighted by molar-refractivity contribution is 7.90. The minimum atomic E-state index is -3.58. The Morgan fingerprint density at radius 2 is 1.89 bits per heavy atom. The number of nitrogens with zero attached hydrogens (tertiary/aromatic N) is 2. The number of para-hydroxylation sites is 1. The Balaban J connectivity index is 2.71. The van der Waals surface area contributed by atoms with Gasteiger partial charge in [0.15, 0.2) is 14.9 Å². The lowest BCUT2D eigenvalue weighted by molar-refractivity contribution is 0.0959. The normalized spacial score (nSPS) is 11.3. The van der Waals surface area contributed by atoms with E-state index in [-0.39, 0.29) is 10.6 Å². The third kappa shape index (κ3) is 2.50. The van der Waals surface area contributed by atoms with Gasteiger partial charge in [-0.2, -0.15) is 5.10 Å². The number of amides is 1. The first-order valence-electron chi connectivity index (χ1n) is 5.50. The second-order valence-corrected chi connectivity index (χ2v) is 5.89. The molecule has 6 nitrogen and oxygen atoms in total. The molecule has 7 heteroatoms. The Hall–Kier alpha value is -2.15. The fraction of sp³-hybridized carbons (Fsp3) is 0.167. The summed E-state index contributed by atoms with van der Waals surface area (Å²) in [7, 11) is -2.15. The molecule has 0 unspecified atom stereocenters. The molecule has 1 amide bonds. The van der Waals surface area contributed by atoms with Crippen LogP contribution in [0.15, 0.2) is 41.6 Å². The quantitative estimate of drug-likeness (QED) is 0.893. The Morgan fingerprint density at radius 1 is 1.26 bits per heavy atom. The van der Waals surface area contributed by atoms with Crippen LogP contribution in [0.4, 0.5) is 0 Å². The van der Waals surface area contributed by atoms with Crippen LogP contribution in [0.1, 0.15) is 10.4 Å². The Morgan fingerprint density at radius 3 is 2.42 bits per heavy atom. The van der Waals surface area contributed by atoms with Crippen LogP contribution in [0.3, 0.4) is 0 Å². The highest BCUT2D eigenvalue weighted by atomic mass is 32.2. The van der Waals surface area contributed by atoms with Gasteiger partial charge in [-0.05, 0) is 12.1 Å². The SMILES string of the molecule is CNC(=O)c1cnn(-c2ccccc2)c1S(C)(=O)=O. The molecule has 0 aliphatic rings. The number of carbonyl (C=O) groups is 1. The number of nitrogens with one attached hydrogen (secondary N) is 1. The van der Waals surface area contributed by atoms with Gasteiger partial charge in [0, 0.05) is 13.3 Å². The van der Waals surface area contributed by atoms with Gasteiger partial charge in [0.1, 0.15) is 0 Å². The van der Waals surface area contributed by atoms with Gasteiger partial charge in [0.2, 0.25) is 0 Å². The molecule has 0 fully saturated rings. The van der Waals surface area contributed by atoms with Crippen LogP contribution in [-0.4, -0.2) is 37.4 Å². The van der Waals surface area contributed by atoms with Gasteiger partial charge >= 0.3 is 0 Å². The van der Waals surface area contributed by atoms with E-state index in [1.54, 1.807) is 24.3 Å². The Bertz CT molecular complexity index is 705. The molecule has 2 rings (SSSR count). The third-order valence-electron chi connectivity index (χ3n) is 2.55. The molecule has 1 N–H and O–H groups in total. The average molecular weight is 279 g/mol. The van der Waals surface area contributed by atoms with E-state index in [0.29, 0.717) is 5.69 Å². The maximum Gasteiger partial charge on any atom is 0.255 e. The van der Waals surface area contributed by atoms with E-state index in [1.807, 2.05) is 6.07 Å². The van der Waals surface area contributed by atoms with Crippen LogP contribution >= 0.6 is 0 Å². The van der Waals surface area contributed by atoms with Crippen LogP contribution in [0.25, 0.3) is 5.69 Å². The van der Waals surface area contributed by atoms with Crippen molar-refractivity contribution in [3.63, 3.8) is 0 Å². The zero-order chi connectivity index (χ0) is 14.0. The molecule has 1 heterocycles. The van der Waals surface area contributed by atoms with Crippen LogP contribution in [0, 0.1) is 0 Å². The van der Waals surface area contributed by atoms with Gasteiger partial charge in [-0.3, -0.25) is 4.79 Å². The maximum atomic E-state index is 11.9. The molecule has 1 aromatic heterocycles. The number of hydrogen-bond donors (Lipinski definition) is 1. The Labute approximate surface area is 111 Å². The summed E-state index contributed by atoms with van der Waals surface area (Å²) in [5.41, 5.74) is 0.618. The first-order valence-corrected chi connectivity index (χ1v) is 7.40. The average Bonchev–Trinajstić information content (AvgIpc) is 2.83. The number of aromatic nitrogens is 2. The lowest BCUT2D eigenvalue weighted by Crippen LogP contribution is -2.21. The van der Waals surface area contributed by atoms with E-state index in [9.17, 15) is 13.2 Å². The number of sulfone groups is 1. The predicted octanol–water partition coefficient (Wildman–Crippen LogP) is 0.635. The van der Waals surface area contributed by atoms with Gasteiger partial charge in [0.05, 0.1) is 17.4 Å². The molecule has 2 aromatic rings. The van der Waals surface area contributed by atoms with Crippen molar-refractivity contribution in [2.45, 2.75) is 5.03 Å². The van der Waals surface area contributed by atoms with E-state index in [1.165, 1.54) is 17.9 Å². The van der Waals surface area contributed by atoms with Gasteiger partial charge < -0.3 is 5.32 Å². The molecule has 0 saturated carbocycles. The van der Waals surface area contributed by atoms with Crippen molar-refractivity contribution in [3.05, 3.63) is 42.1 Å². The van der Waals surface area contributed by atoms with Crippen molar-refractivity contribution in [2.75, 3.05) is 13.3 Å². The van der Waals surface area contributed by atoms with Gasteiger partial charge in [-0.15, -0.1) is 0 Å². The minimum Gasteiger partial charge on any atom is -0.355 e. The summed E-state index contributed by atoms with van der Waals surface area (Å²) in [6.45, 7) is 0. The van der Waals surface area contributed by atoms with Crippen LogP contribution in [0.2, 0.25) is 0 Å². The Kier molecular flexibility index (Phi) is 3.39. The van der Waals surface area contributed by atoms with Crippen molar-refractivity contribution in [3.8, 4) is 5.69 Å². The smallest absolute Gasteiger partial charge is 0.255 e. The predicted molar refractivity (Wildman–Crippen MR) is 70.1 cm³/mol. The number of hydrogen-bond acceptors (Lipinski definition) is 4. The molecule has 0 radical (unpaired) electrons. The van der Waals surface area contributed by atoms with Crippen molar-refractivity contribution < 1.29 is 13.2 Å². The second kappa shape index (κ2) is 4.85. The fourth-order valence-corrected chi connectivity index (χ4v) is 2.75. The van der Waals surface area contributed by atoms with Crippen LogP contribution < -0.4 is 5.32 Å². The molecule has 0 bridgehead atoms. The molecule has 0 saturated heterocycles. The molecule has 100 valence electrons. The zero-order valence-electron chi connectivity index (χ0n) is 10.5. The number of benzene rings is 1. The largest absolute Gasteiger partial charge is 0.355 e. The molecule has 0 atom stereocenters. The molecule has 19 heavy (non-hydrogen) atoms. The lowest BCUT2D eigenvalue weighted by Gasteiger charge is -2.07. The van der Waals surface area contributed by atoms with Gasteiger partial charge in [-0.1, -0.05) is 18.2 Å². The molecular weight excluding hydrogens is 266 g/mol. The van der Waals surface area contributed by atoms with E-state index >= 15 is 0 Å². The van der Waals surface area contributed by atoms with E-state index in [4.69, 9.17) is 0 Å². The highest BCUT2D eigenvalue weighted by Crippen LogP contribution is 2.19. The number of rotatable bonds is 3. The maximum absolute atomic E-state index is 11.9. The van der Waals surface area contributed by atoms with Crippen molar-refractivity contribution in [1.29, 1.82) is 0 Å². The summed E-state index contributed by atoms with van der Waals surface area (Å²) in [5.74, 6) is -0.484.